The van der Waals surface area contributed by atoms with Gasteiger partial charge in [0.15, 0.2) is 0 Å². The number of amides is 1. The molecule has 1 N–H and O–H groups in total. The number of hydrogen-bond donors (Lipinski definition) is 1. The standard InChI is InChI=1S/C29H29NO5/c1-3-4-17-35-24-12-8-11-22(18-24)27(31)25-26(21-13-15-23(34-2)16-14-21)30(29(33)28(25)32)19-20-9-6-5-7-10-20/h5-16,18,26,31H,3-4,17,19H2,1-2H3/b27-25+. The molecule has 180 valence electrons. The van der Waals surface area contributed by atoms with Gasteiger partial charge in [0.05, 0.1) is 25.3 Å². The fourth-order valence-corrected chi connectivity index (χ4v) is 4.18. The van der Waals surface area contributed by atoms with Crippen molar-refractivity contribution in [2.45, 2.75) is 32.4 Å². The van der Waals surface area contributed by atoms with Gasteiger partial charge in [-0.25, -0.2) is 0 Å². The largest absolute Gasteiger partial charge is 0.507 e. The quantitative estimate of drug-likeness (QED) is 0.193. The zero-order valence-electron chi connectivity index (χ0n) is 19.9. The predicted octanol–water partition coefficient (Wildman–Crippen LogP) is 5.50. The van der Waals surface area contributed by atoms with E-state index in [4.69, 9.17) is 9.47 Å². The van der Waals surface area contributed by atoms with Crippen molar-refractivity contribution in [3.8, 4) is 11.5 Å². The van der Waals surface area contributed by atoms with Gasteiger partial charge < -0.3 is 19.5 Å². The van der Waals surface area contributed by atoms with Crippen molar-refractivity contribution in [3.63, 3.8) is 0 Å². The Labute approximate surface area is 205 Å². The summed E-state index contributed by atoms with van der Waals surface area (Å²) < 4.78 is 11.0. The first-order valence-electron chi connectivity index (χ1n) is 11.7. The van der Waals surface area contributed by atoms with Crippen LogP contribution in [-0.2, 0) is 16.1 Å². The molecule has 1 unspecified atom stereocenters. The number of Topliss-reactive ketones (excluding diaryl/α,β-unsaturated/α-hetero) is 1. The van der Waals surface area contributed by atoms with E-state index in [1.165, 1.54) is 4.90 Å². The normalized spacial score (nSPS) is 17.0. The smallest absolute Gasteiger partial charge is 0.295 e. The number of aliphatic hydroxyl groups excluding tert-OH is 1. The van der Waals surface area contributed by atoms with Crippen LogP contribution >= 0.6 is 0 Å². The number of unbranched alkanes of at least 4 members (excludes halogenated alkanes) is 1. The molecule has 6 heteroatoms. The fourth-order valence-electron chi connectivity index (χ4n) is 4.18. The lowest BCUT2D eigenvalue weighted by atomic mass is 9.95. The molecule has 0 bridgehead atoms. The molecule has 3 aromatic carbocycles. The summed E-state index contributed by atoms with van der Waals surface area (Å²) in [6, 6.07) is 22.9. The van der Waals surface area contributed by atoms with E-state index in [9.17, 15) is 14.7 Å². The summed E-state index contributed by atoms with van der Waals surface area (Å²) >= 11 is 0. The highest BCUT2D eigenvalue weighted by Gasteiger charge is 2.46. The minimum absolute atomic E-state index is 0.0572. The Bertz CT molecular complexity index is 1220. The zero-order chi connectivity index (χ0) is 24.8. The molecule has 0 aromatic heterocycles. The van der Waals surface area contributed by atoms with Gasteiger partial charge >= 0.3 is 0 Å². The van der Waals surface area contributed by atoms with E-state index in [-0.39, 0.29) is 17.9 Å². The van der Waals surface area contributed by atoms with Gasteiger partial charge in [-0.3, -0.25) is 9.59 Å². The molecule has 1 fully saturated rings. The van der Waals surface area contributed by atoms with Crippen LogP contribution < -0.4 is 9.47 Å². The number of aliphatic hydroxyl groups is 1. The molecule has 1 atom stereocenters. The third-order valence-corrected chi connectivity index (χ3v) is 6.04. The molecule has 0 radical (unpaired) electrons. The summed E-state index contributed by atoms with van der Waals surface area (Å²) in [7, 11) is 1.58. The van der Waals surface area contributed by atoms with E-state index in [0.717, 1.165) is 18.4 Å². The number of methoxy groups -OCH3 is 1. The lowest BCUT2D eigenvalue weighted by molar-refractivity contribution is -0.140. The lowest BCUT2D eigenvalue weighted by Gasteiger charge is -2.25. The van der Waals surface area contributed by atoms with Crippen molar-refractivity contribution in [1.82, 2.24) is 4.90 Å². The van der Waals surface area contributed by atoms with Gasteiger partial charge in [0, 0.05) is 12.1 Å². The van der Waals surface area contributed by atoms with E-state index in [0.29, 0.717) is 29.2 Å². The van der Waals surface area contributed by atoms with Crippen LogP contribution in [0.2, 0.25) is 0 Å². The first kappa shape index (κ1) is 24.1. The molecule has 0 aliphatic carbocycles. The molecular weight excluding hydrogens is 442 g/mol. The van der Waals surface area contributed by atoms with Crippen LogP contribution in [0.1, 0.15) is 42.5 Å². The summed E-state index contributed by atoms with van der Waals surface area (Å²) in [6.07, 6.45) is 1.92. The molecule has 1 aliphatic rings. The van der Waals surface area contributed by atoms with Crippen LogP contribution in [0.5, 0.6) is 11.5 Å². The van der Waals surface area contributed by atoms with Crippen LogP contribution in [0.3, 0.4) is 0 Å². The van der Waals surface area contributed by atoms with Crippen LogP contribution in [0, 0.1) is 0 Å². The molecule has 4 rings (SSSR count). The zero-order valence-corrected chi connectivity index (χ0v) is 19.9. The van der Waals surface area contributed by atoms with E-state index in [2.05, 4.69) is 6.92 Å². The highest BCUT2D eigenvalue weighted by molar-refractivity contribution is 6.46. The molecule has 1 heterocycles. The first-order chi connectivity index (χ1) is 17.0. The van der Waals surface area contributed by atoms with Gasteiger partial charge in [0.1, 0.15) is 17.3 Å². The topological polar surface area (TPSA) is 76.1 Å². The average Bonchev–Trinajstić information content (AvgIpc) is 3.14. The van der Waals surface area contributed by atoms with Gasteiger partial charge in [-0.2, -0.15) is 0 Å². The Balaban J connectivity index is 1.78. The number of rotatable bonds is 9. The minimum Gasteiger partial charge on any atom is -0.507 e. The first-order valence-corrected chi connectivity index (χ1v) is 11.7. The predicted molar refractivity (Wildman–Crippen MR) is 134 cm³/mol. The highest BCUT2D eigenvalue weighted by atomic mass is 16.5. The second kappa shape index (κ2) is 10.9. The highest BCUT2D eigenvalue weighted by Crippen LogP contribution is 2.41. The van der Waals surface area contributed by atoms with E-state index < -0.39 is 17.7 Å². The monoisotopic (exact) mass is 471 g/mol. The number of carbonyl (C=O) groups is 2. The molecule has 0 spiro atoms. The molecule has 35 heavy (non-hydrogen) atoms. The van der Waals surface area contributed by atoms with Gasteiger partial charge in [-0.1, -0.05) is 67.9 Å². The van der Waals surface area contributed by atoms with Crippen LogP contribution in [0.4, 0.5) is 0 Å². The Kier molecular flexibility index (Phi) is 7.51. The second-order valence-corrected chi connectivity index (χ2v) is 8.42. The van der Waals surface area contributed by atoms with Gasteiger partial charge in [-0.05, 0) is 41.8 Å². The van der Waals surface area contributed by atoms with Crippen LogP contribution in [0.15, 0.2) is 84.4 Å². The van der Waals surface area contributed by atoms with Crippen LogP contribution in [-0.4, -0.2) is 35.4 Å². The van der Waals surface area contributed by atoms with Crippen molar-refractivity contribution in [2.75, 3.05) is 13.7 Å². The summed E-state index contributed by atoms with van der Waals surface area (Å²) in [6.45, 7) is 2.88. The number of ketones is 1. The number of nitrogens with zero attached hydrogens (tertiary/aromatic N) is 1. The van der Waals surface area contributed by atoms with Crippen molar-refractivity contribution >= 4 is 17.4 Å². The van der Waals surface area contributed by atoms with Gasteiger partial charge in [0.2, 0.25) is 0 Å². The van der Waals surface area contributed by atoms with E-state index >= 15 is 0 Å². The summed E-state index contributed by atoms with van der Waals surface area (Å²) in [4.78, 5) is 28.0. The summed E-state index contributed by atoms with van der Waals surface area (Å²) in [5.41, 5.74) is 2.08. The number of benzene rings is 3. The Morgan fingerprint density at radius 3 is 2.37 bits per heavy atom. The SMILES string of the molecule is CCCCOc1cccc(/C(O)=C2\C(=O)C(=O)N(Cc3ccccc3)C2c2ccc(OC)cc2)c1. The third-order valence-electron chi connectivity index (χ3n) is 6.04. The summed E-state index contributed by atoms with van der Waals surface area (Å²) in [5.74, 6) is -0.323. The number of carbonyl (C=O) groups excluding carboxylic acids is 2. The molecule has 1 amide bonds. The van der Waals surface area contributed by atoms with Crippen molar-refractivity contribution < 1.29 is 24.2 Å². The lowest BCUT2D eigenvalue weighted by Crippen LogP contribution is -2.29. The molecular formula is C29H29NO5. The van der Waals surface area contributed by atoms with Crippen molar-refractivity contribution in [3.05, 3.63) is 101 Å². The summed E-state index contributed by atoms with van der Waals surface area (Å²) in [5, 5.41) is 11.3. The Hall–Kier alpha value is -4.06. The average molecular weight is 472 g/mol. The maximum atomic E-state index is 13.3. The fraction of sp³-hybridized carbons (Fsp3) is 0.241. The van der Waals surface area contributed by atoms with Crippen molar-refractivity contribution in [1.29, 1.82) is 0 Å². The second-order valence-electron chi connectivity index (χ2n) is 8.42. The van der Waals surface area contributed by atoms with E-state index in [1.807, 2.05) is 42.5 Å². The number of hydrogen-bond acceptors (Lipinski definition) is 5. The van der Waals surface area contributed by atoms with Crippen LogP contribution in [0.25, 0.3) is 5.76 Å². The minimum atomic E-state index is -0.745. The molecule has 3 aromatic rings. The maximum Gasteiger partial charge on any atom is 0.295 e. The van der Waals surface area contributed by atoms with E-state index in [1.54, 1.807) is 43.5 Å². The Morgan fingerprint density at radius 1 is 0.943 bits per heavy atom. The van der Waals surface area contributed by atoms with Gasteiger partial charge in [0.25, 0.3) is 11.7 Å². The van der Waals surface area contributed by atoms with Crippen molar-refractivity contribution in [2.24, 2.45) is 0 Å². The maximum absolute atomic E-state index is 13.3. The third kappa shape index (κ3) is 5.22. The molecule has 0 saturated carbocycles. The Morgan fingerprint density at radius 2 is 1.69 bits per heavy atom. The molecule has 1 aliphatic heterocycles. The molecule has 1 saturated heterocycles. The number of ether oxygens (including phenoxy) is 2. The molecule has 6 nitrogen and oxygen atoms in total. The number of likely N-dealkylation sites (tertiary alicyclic amines) is 1. The van der Waals surface area contributed by atoms with Gasteiger partial charge in [-0.15, -0.1) is 0 Å².